The van der Waals surface area contributed by atoms with E-state index in [4.69, 9.17) is 19.4 Å². The molecule has 3 saturated heterocycles. The zero-order valence-electron chi connectivity index (χ0n) is 31.8. The third-order valence-corrected chi connectivity index (χ3v) is 13.0. The molecule has 55 heavy (non-hydrogen) atoms. The number of ether oxygens (including phenoxy) is 2. The van der Waals surface area contributed by atoms with Crippen LogP contribution in [0.1, 0.15) is 81.8 Å². The van der Waals surface area contributed by atoms with Crippen molar-refractivity contribution < 1.29 is 27.4 Å². The van der Waals surface area contributed by atoms with Crippen molar-refractivity contribution in [3.8, 4) is 22.9 Å². The van der Waals surface area contributed by atoms with Crippen LogP contribution in [0.5, 0.6) is 11.8 Å². The van der Waals surface area contributed by atoms with Crippen molar-refractivity contribution in [2.75, 3.05) is 57.3 Å². The number of benzene rings is 2. The molecule has 5 heterocycles. The zero-order valence-corrected chi connectivity index (χ0v) is 31.8. The largest absolute Gasteiger partial charge is 0.481 e. The number of carbonyl (C=O) groups excluding carboxylic acids is 1. The SMILES string of the molecule is C=CC(=O)N1CC2(CCN(c3nc(OC4CCC5(CC4)CN(CCC)C5)nc4c(OCC(F)(F)F)c(-c5c(C)ccc6[nH]ncc56)c(C5CC5)cc34)CC2)C1. The van der Waals surface area contributed by atoms with Crippen molar-refractivity contribution in [2.24, 2.45) is 10.8 Å². The quantitative estimate of drug-likeness (QED) is 0.163. The number of hydrogen-bond acceptors (Lipinski definition) is 8. The number of aromatic amines is 1. The number of hydrogen-bond donors (Lipinski definition) is 1. The Bertz CT molecular complexity index is 2110. The fourth-order valence-electron chi connectivity index (χ4n) is 9.96. The number of nitrogens with one attached hydrogen (secondary N) is 1. The van der Waals surface area contributed by atoms with Gasteiger partial charge in [0.1, 0.15) is 17.4 Å². The molecule has 10 nitrogen and oxygen atoms in total. The maximum Gasteiger partial charge on any atom is 0.422 e. The third kappa shape index (κ3) is 6.80. The van der Waals surface area contributed by atoms with Gasteiger partial charge in [-0.3, -0.25) is 9.89 Å². The number of aromatic nitrogens is 4. The lowest BCUT2D eigenvalue weighted by atomic mass is 9.68. The van der Waals surface area contributed by atoms with E-state index >= 15 is 0 Å². The summed E-state index contributed by atoms with van der Waals surface area (Å²) in [6.45, 7) is 12.6. The standard InChI is InChI=1S/C42H50F3N7O3/c1-4-16-50-21-40(22-50)12-10-28(11-13-40)55-39-47-36-30(38(48-39)51-17-14-41(15-18-51)23-52(24-41)33(53)5-2)19-29(27-7-8-27)35(37(36)54-25-42(43,44)45)34-26(3)6-9-32-31(34)20-46-49-32/h5-6,9,19-20,27-28H,2,4,7-8,10-18,21-25H2,1,3H3,(H,46,49). The topological polar surface area (TPSA) is 99.7 Å². The maximum absolute atomic E-state index is 14.1. The molecule has 9 rings (SSSR count). The lowest BCUT2D eigenvalue weighted by molar-refractivity contribution is -0.153. The number of carbonyl (C=O) groups is 1. The van der Waals surface area contributed by atoms with Gasteiger partial charge in [-0.15, -0.1) is 0 Å². The van der Waals surface area contributed by atoms with E-state index < -0.39 is 12.8 Å². The molecule has 2 saturated carbocycles. The molecule has 2 spiro atoms. The summed E-state index contributed by atoms with van der Waals surface area (Å²) in [5.41, 5.74) is 4.81. The Kier molecular flexibility index (Phi) is 9.01. The summed E-state index contributed by atoms with van der Waals surface area (Å²) in [7, 11) is 0. The molecule has 4 aromatic rings. The highest BCUT2D eigenvalue weighted by Gasteiger charge is 2.47. The van der Waals surface area contributed by atoms with E-state index in [0.717, 1.165) is 105 Å². The van der Waals surface area contributed by atoms with Crippen LogP contribution in [0.25, 0.3) is 32.9 Å². The van der Waals surface area contributed by atoms with E-state index in [2.05, 4.69) is 39.6 Å². The fourth-order valence-corrected chi connectivity index (χ4v) is 9.96. The Labute approximate surface area is 319 Å². The molecular weight excluding hydrogens is 708 g/mol. The number of piperidine rings is 1. The van der Waals surface area contributed by atoms with Gasteiger partial charge in [0.15, 0.2) is 12.4 Å². The fraction of sp³-hybridized carbons (Fsp3) is 0.571. The lowest BCUT2D eigenvalue weighted by Crippen LogP contribution is -2.61. The molecule has 5 fully saturated rings. The molecule has 0 unspecified atom stereocenters. The normalized spacial score (nSPS) is 21.3. The highest BCUT2D eigenvalue weighted by atomic mass is 19.4. The second kappa shape index (κ2) is 13.7. The number of nitrogens with zero attached hydrogens (tertiary/aromatic N) is 6. The van der Waals surface area contributed by atoms with Gasteiger partial charge in [0.05, 0.1) is 11.7 Å². The molecular formula is C42H50F3N7O3. The molecule has 292 valence electrons. The van der Waals surface area contributed by atoms with E-state index in [-0.39, 0.29) is 35.1 Å². The van der Waals surface area contributed by atoms with Gasteiger partial charge in [0, 0.05) is 61.0 Å². The Balaban J connectivity index is 1.14. The Morgan fingerprint density at radius 2 is 1.73 bits per heavy atom. The van der Waals surface area contributed by atoms with Crippen LogP contribution < -0.4 is 14.4 Å². The van der Waals surface area contributed by atoms with E-state index in [0.29, 0.717) is 53.9 Å². The monoisotopic (exact) mass is 757 g/mol. The van der Waals surface area contributed by atoms with Gasteiger partial charge in [-0.05, 0) is 117 Å². The zero-order chi connectivity index (χ0) is 38.1. The summed E-state index contributed by atoms with van der Waals surface area (Å²) >= 11 is 0. The Morgan fingerprint density at radius 3 is 2.40 bits per heavy atom. The second-order valence-corrected chi connectivity index (χ2v) is 17.1. The van der Waals surface area contributed by atoms with E-state index in [1.165, 1.54) is 6.08 Å². The van der Waals surface area contributed by atoms with Crippen LogP contribution in [0.2, 0.25) is 0 Å². The van der Waals surface area contributed by atoms with Crippen LogP contribution in [0, 0.1) is 17.8 Å². The lowest BCUT2D eigenvalue weighted by Gasteiger charge is -2.54. The van der Waals surface area contributed by atoms with Gasteiger partial charge in [-0.25, -0.2) is 0 Å². The van der Waals surface area contributed by atoms with Gasteiger partial charge < -0.3 is 24.2 Å². The van der Waals surface area contributed by atoms with Gasteiger partial charge in [-0.1, -0.05) is 19.6 Å². The number of likely N-dealkylation sites (tertiary alicyclic amines) is 2. The summed E-state index contributed by atoms with van der Waals surface area (Å²) < 4.78 is 55.0. The molecule has 3 aliphatic heterocycles. The molecule has 2 aromatic heterocycles. The van der Waals surface area contributed by atoms with E-state index in [9.17, 15) is 18.0 Å². The third-order valence-electron chi connectivity index (χ3n) is 13.0. The number of aryl methyl sites for hydroxylation is 1. The number of anilines is 1. The summed E-state index contributed by atoms with van der Waals surface area (Å²) in [4.78, 5) is 29.0. The minimum Gasteiger partial charge on any atom is -0.481 e. The first-order valence-corrected chi connectivity index (χ1v) is 20.0. The van der Waals surface area contributed by atoms with Crippen LogP contribution in [-0.2, 0) is 4.79 Å². The van der Waals surface area contributed by atoms with Crippen molar-refractivity contribution in [1.82, 2.24) is 30.0 Å². The average Bonchev–Trinajstić information content (AvgIpc) is 3.88. The van der Waals surface area contributed by atoms with E-state index in [1.54, 1.807) is 6.20 Å². The van der Waals surface area contributed by atoms with Gasteiger partial charge in [0.2, 0.25) is 5.91 Å². The summed E-state index contributed by atoms with van der Waals surface area (Å²) in [6, 6.07) is 6.20. The highest BCUT2D eigenvalue weighted by Crippen LogP contribution is 2.54. The Hall–Kier alpha value is -4.39. The number of alkyl halides is 3. The second-order valence-electron chi connectivity index (χ2n) is 17.1. The van der Waals surface area contributed by atoms with Gasteiger partial charge >= 0.3 is 12.2 Å². The first-order valence-electron chi connectivity index (χ1n) is 20.0. The smallest absolute Gasteiger partial charge is 0.422 e. The molecule has 0 radical (unpaired) electrons. The van der Waals surface area contributed by atoms with Crippen LogP contribution in [-0.4, -0.2) is 101 Å². The molecule has 13 heteroatoms. The minimum absolute atomic E-state index is 0.0394. The van der Waals surface area contributed by atoms with Crippen molar-refractivity contribution in [3.05, 3.63) is 48.2 Å². The molecule has 0 bridgehead atoms. The van der Waals surface area contributed by atoms with Crippen LogP contribution in [0.4, 0.5) is 19.0 Å². The van der Waals surface area contributed by atoms with Crippen LogP contribution >= 0.6 is 0 Å². The van der Waals surface area contributed by atoms with Crippen molar-refractivity contribution in [1.29, 1.82) is 0 Å². The summed E-state index contributed by atoms with van der Waals surface area (Å²) in [5, 5.41) is 8.83. The molecule has 0 atom stereocenters. The maximum atomic E-state index is 14.1. The van der Waals surface area contributed by atoms with Crippen molar-refractivity contribution in [2.45, 2.75) is 89.8 Å². The molecule has 5 aliphatic rings. The number of amides is 1. The van der Waals surface area contributed by atoms with Crippen LogP contribution in [0.15, 0.2) is 37.1 Å². The van der Waals surface area contributed by atoms with Crippen molar-refractivity contribution in [3.63, 3.8) is 0 Å². The van der Waals surface area contributed by atoms with Crippen LogP contribution in [0.3, 0.4) is 0 Å². The number of fused-ring (bicyclic) bond motifs is 2. The Morgan fingerprint density at radius 1 is 1.00 bits per heavy atom. The number of halogens is 3. The molecule has 1 N–H and O–H groups in total. The molecule has 2 aromatic carbocycles. The first-order chi connectivity index (χ1) is 26.5. The molecule has 1 amide bonds. The summed E-state index contributed by atoms with van der Waals surface area (Å²) in [5.74, 6) is 0.900. The van der Waals surface area contributed by atoms with Gasteiger partial charge in [-0.2, -0.15) is 28.2 Å². The minimum atomic E-state index is -4.57. The van der Waals surface area contributed by atoms with Crippen molar-refractivity contribution >= 4 is 33.5 Å². The number of H-pyrrole nitrogens is 1. The highest BCUT2D eigenvalue weighted by molar-refractivity contribution is 6.06. The van der Waals surface area contributed by atoms with E-state index in [1.807, 2.05) is 24.0 Å². The predicted octanol–water partition coefficient (Wildman–Crippen LogP) is 7.95. The first kappa shape index (κ1) is 36.3. The summed E-state index contributed by atoms with van der Waals surface area (Å²) in [6.07, 6.45) is 7.10. The average molecular weight is 758 g/mol. The number of rotatable bonds is 10. The van der Waals surface area contributed by atoms with Gasteiger partial charge in [0.25, 0.3) is 0 Å². The predicted molar refractivity (Wildman–Crippen MR) is 206 cm³/mol. The molecule has 2 aliphatic carbocycles.